The molecule has 1 atom stereocenters. The Morgan fingerprint density at radius 2 is 1.81 bits per heavy atom. The van der Waals surface area contributed by atoms with E-state index in [1.807, 2.05) is 30.2 Å². The zero-order valence-electron chi connectivity index (χ0n) is 24.6. The van der Waals surface area contributed by atoms with Crippen molar-refractivity contribution in [3.05, 3.63) is 35.3 Å². The summed E-state index contributed by atoms with van der Waals surface area (Å²) < 4.78 is 6.73. The third-order valence-electron chi connectivity index (χ3n) is 8.64. The average molecular weight is 590 g/mol. The molecule has 1 unspecified atom stereocenters. The summed E-state index contributed by atoms with van der Waals surface area (Å²) in [5.41, 5.74) is 2.88. The van der Waals surface area contributed by atoms with E-state index in [0.717, 1.165) is 65.2 Å². The summed E-state index contributed by atoms with van der Waals surface area (Å²) in [4.78, 5) is 43.2. The summed E-state index contributed by atoms with van der Waals surface area (Å²) in [6.07, 6.45) is 2.48. The molecule has 2 saturated heterocycles. The molecular weight excluding hydrogens is 550 g/mol. The van der Waals surface area contributed by atoms with Gasteiger partial charge in [0.05, 0.1) is 35.1 Å². The number of hydrogen-bond acceptors (Lipinski definition) is 9. The molecule has 6 rings (SSSR count). The average Bonchev–Trinajstić information content (AvgIpc) is 3.66. The first-order valence-corrected chi connectivity index (χ1v) is 15.8. The number of rotatable bonds is 9. The molecule has 10 nitrogen and oxygen atoms in total. The van der Waals surface area contributed by atoms with Gasteiger partial charge in [0.2, 0.25) is 5.91 Å². The van der Waals surface area contributed by atoms with Gasteiger partial charge in [0, 0.05) is 80.4 Å². The van der Waals surface area contributed by atoms with E-state index in [1.165, 1.54) is 4.88 Å². The second-order valence-electron chi connectivity index (χ2n) is 11.7. The highest BCUT2D eigenvalue weighted by molar-refractivity contribution is 7.19. The Kier molecular flexibility index (Phi) is 8.50. The second-order valence-corrected chi connectivity index (χ2v) is 12.8. The molecule has 2 fully saturated rings. The summed E-state index contributed by atoms with van der Waals surface area (Å²) in [6.45, 7) is 12.8. The van der Waals surface area contributed by atoms with Crippen LogP contribution in [0.25, 0.3) is 32.5 Å². The van der Waals surface area contributed by atoms with E-state index < -0.39 is 0 Å². The predicted octanol–water partition coefficient (Wildman–Crippen LogP) is 4.36. The van der Waals surface area contributed by atoms with Crippen molar-refractivity contribution in [2.75, 3.05) is 57.4 Å². The number of aromatic nitrogens is 4. The van der Waals surface area contributed by atoms with Gasteiger partial charge in [-0.2, -0.15) is 5.10 Å². The van der Waals surface area contributed by atoms with Crippen molar-refractivity contribution < 1.29 is 14.3 Å². The zero-order chi connectivity index (χ0) is 29.2. The van der Waals surface area contributed by atoms with E-state index >= 15 is 0 Å². The molecule has 1 amide bonds. The first kappa shape index (κ1) is 28.7. The number of H-pyrrole nitrogens is 1. The largest absolute Gasteiger partial charge is 0.378 e. The summed E-state index contributed by atoms with van der Waals surface area (Å²) in [7, 11) is 0. The van der Waals surface area contributed by atoms with Crippen LogP contribution >= 0.6 is 11.3 Å². The highest BCUT2D eigenvalue weighted by Crippen LogP contribution is 2.36. The van der Waals surface area contributed by atoms with Crippen LogP contribution in [0, 0.1) is 11.8 Å². The van der Waals surface area contributed by atoms with Gasteiger partial charge >= 0.3 is 0 Å². The van der Waals surface area contributed by atoms with Gasteiger partial charge in [0.25, 0.3) is 0 Å². The lowest BCUT2D eigenvalue weighted by molar-refractivity contribution is -0.135. The Morgan fingerprint density at radius 1 is 1.02 bits per heavy atom. The van der Waals surface area contributed by atoms with Crippen molar-refractivity contribution in [2.45, 2.75) is 40.2 Å². The number of fused-ring (bicyclic) bond motifs is 2. The van der Waals surface area contributed by atoms with Crippen LogP contribution in [-0.4, -0.2) is 94.1 Å². The maximum absolute atomic E-state index is 12.8. The quantitative estimate of drug-likeness (QED) is 0.307. The van der Waals surface area contributed by atoms with Gasteiger partial charge in [-0.1, -0.05) is 32.9 Å². The van der Waals surface area contributed by atoms with Crippen molar-refractivity contribution in [2.24, 2.45) is 11.8 Å². The first-order chi connectivity index (χ1) is 20.4. The fraction of sp³-hybridized carbons (Fsp3) is 0.516. The standard InChI is InChI=1S/C31H39N7O3S/c1-20(2)21(3)27(39)7-8-28(40)37-11-9-36(10-12-37)19-22-17-26-29(42-22)31(38-13-15-41-16-14-38)34-30(33-26)23-5-4-6-25-24(23)18-32-35-25/h4-6,17-18,20-21H,7-16,19H2,1-3H3,(H,32,35). The molecule has 2 aliphatic heterocycles. The van der Waals surface area contributed by atoms with Gasteiger partial charge in [-0.15, -0.1) is 11.3 Å². The lowest BCUT2D eigenvalue weighted by Gasteiger charge is -2.34. The number of nitrogens with one attached hydrogen (secondary N) is 1. The topological polar surface area (TPSA) is 108 Å². The second kappa shape index (κ2) is 12.4. The smallest absolute Gasteiger partial charge is 0.223 e. The maximum Gasteiger partial charge on any atom is 0.223 e. The lowest BCUT2D eigenvalue weighted by Crippen LogP contribution is -2.48. The molecule has 0 radical (unpaired) electrons. The van der Waals surface area contributed by atoms with Crippen LogP contribution in [0.3, 0.4) is 0 Å². The normalized spacial score (nSPS) is 17.4. The lowest BCUT2D eigenvalue weighted by atomic mass is 9.91. The minimum atomic E-state index is -0.000149. The molecule has 1 N–H and O–H groups in total. The van der Waals surface area contributed by atoms with Crippen LogP contribution in [-0.2, 0) is 20.9 Å². The highest BCUT2D eigenvalue weighted by atomic mass is 32.1. The Balaban J connectivity index is 1.17. The molecule has 0 spiro atoms. The summed E-state index contributed by atoms with van der Waals surface area (Å²) in [5, 5.41) is 8.28. The fourth-order valence-corrected chi connectivity index (χ4v) is 6.83. The number of benzene rings is 1. The van der Waals surface area contributed by atoms with E-state index in [-0.39, 0.29) is 17.6 Å². The summed E-state index contributed by atoms with van der Waals surface area (Å²) in [6, 6.07) is 8.27. The minimum Gasteiger partial charge on any atom is -0.378 e. The van der Waals surface area contributed by atoms with E-state index in [1.54, 1.807) is 11.3 Å². The van der Waals surface area contributed by atoms with Gasteiger partial charge < -0.3 is 14.5 Å². The van der Waals surface area contributed by atoms with E-state index in [0.29, 0.717) is 50.9 Å². The molecule has 0 aliphatic carbocycles. The predicted molar refractivity (Wildman–Crippen MR) is 166 cm³/mol. The molecule has 3 aromatic heterocycles. The summed E-state index contributed by atoms with van der Waals surface area (Å²) >= 11 is 1.76. The summed E-state index contributed by atoms with van der Waals surface area (Å²) in [5.74, 6) is 2.25. The molecular formula is C31H39N7O3S. The van der Waals surface area contributed by atoms with Crippen molar-refractivity contribution in [1.82, 2.24) is 30.0 Å². The third kappa shape index (κ3) is 6.04. The van der Waals surface area contributed by atoms with E-state index in [9.17, 15) is 9.59 Å². The molecule has 11 heteroatoms. The number of ketones is 1. The molecule has 4 aromatic rings. The number of thiophene rings is 1. The molecule has 1 aromatic carbocycles. The number of anilines is 1. The Labute approximate surface area is 250 Å². The molecule has 0 bridgehead atoms. The van der Waals surface area contributed by atoms with Gasteiger partial charge in [0.15, 0.2) is 11.6 Å². The van der Waals surface area contributed by atoms with Crippen LogP contribution < -0.4 is 4.90 Å². The third-order valence-corrected chi connectivity index (χ3v) is 9.74. The molecule has 5 heterocycles. The minimum absolute atomic E-state index is 0.000149. The number of amides is 1. The highest BCUT2D eigenvalue weighted by Gasteiger charge is 2.25. The van der Waals surface area contributed by atoms with Crippen LogP contribution in [0.15, 0.2) is 30.5 Å². The monoisotopic (exact) mass is 589 g/mol. The molecule has 2 aliphatic rings. The molecule has 222 valence electrons. The maximum atomic E-state index is 12.8. The van der Waals surface area contributed by atoms with Gasteiger partial charge in [-0.05, 0) is 18.1 Å². The number of morpholine rings is 1. The molecule has 0 saturated carbocycles. The number of hydrogen-bond donors (Lipinski definition) is 1. The van der Waals surface area contributed by atoms with E-state index in [2.05, 4.69) is 46.0 Å². The van der Waals surface area contributed by atoms with Crippen molar-refractivity contribution in [3.8, 4) is 11.4 Å². The van der Waals surface area contributed by atoms with Crippen LogP contribution in [0.5, 0.6) is 0 Å². The Hall–Kier alpha value is -3.41. The number of nitrogens with zero attached hydrogens (tertiary/aromatic N) is 6. The van der Waals surface area contributed by atoms with Crippen LogP contribution in [0.4, 0.5) is 5.82 Å². The van der Waals surface area contributed by atoms with E-state index in [4.69, 9.17) is 14.7 Å². The number of carbonyl (C=O) groups is 2. The number of aromatic amines is 1. The SMILES string of the molecule is CC(C)C(C)C(=O)CCC(=O)N1CCN(Cc2cc3nc(-c4cccc5[nH]ncc45)nc(N4CCOCC4)c3s2)CC1. The van der Waals surface area contributed by atoms with Gasteiger partial charge in [-0.25, -0.2) is 9.97 Å². The Morgan fingerprint density at radius 3 is 2.57 bits per heavy atom. The van der Waals surface area contributed by atoms with Crippen LogP contribution in [0.1, 0.15) is 38.5 Å². The van der Waals surface area contributed by atoms with Crippen molar-refractivity contribution in [1.29, 1.82) is 0 Å². The fourth-order valence-electron chi connectivity index (χ4n) is 5.68. The van der Waals surface area contributed by atoms with Crippen molar-refractivity contribution in [3.63, 3.8) is 0 Å². The van der Waals surface area contributed by atoms with Crippen molar-refractivity contribution >= 4 is 50.0 Å². The van der Waals surface area contributed by atoms with Crippen LogP contribution in [0.2, 0.25) is 0 Å². The zero-order valence-corrected chi connectivity index (χ0v) is 25.5. The number of Topliss-reactive ketones (excluding diaryl/α,β-unsaturated/α-hetero) is 1. The van der Waals surface area contributed by atoms with Gasteiger partial charge in [0.1, 0.15) is 5.78 Å². The number of carbonyl (C=O) groups excluding carboxylic acids is 2. The Bertz CT molecular complexity index is 1570. The molecule has 42 heavy (non-hydrogen) atoms. The number of ether oxygens (including phenoxy) is 1. The first-order valence-electron chi connectivity index (χ1n) is 15.0. The van der Waals surface area contributed by atoms with Gasteiger partial charge in [-0.3, -0.25) is 19.6 Å². The number of piperazine rings is 1.